The van der Waals surface area contributed by atoms with Gasteiger partial charge in [0.05, 0.1) is 17.8 Å². The number of aromatic amines is 2. The van der Waals surface area contributed by atoms with Gasteiger partial charge in [0.2, 0.25) is 0 Å². The van der Waals surface area contributed by atoms with Gasteiger partial charge in [-0.3, -0.25) is 5.10 Å². The van der Waals surface area contributed by atoms with Crippen LogP contribution in [0.1, 0.15) is 23.4 Å². The van der Waals surface area contributed by atoms with Crippen LogP contribution in [0.5, 0.6) is 0 Å². The van der Waals surface area contributed by atoms with Crippen molar-refractivity contribution in [2.45, 2.75) is 19.9 Å². The third-order valence-electron chi connectivity index (χ3n) is 5.17. The molecule has 2 aliphatic rings. The number of hydrogen-bond donors (Lipinski definition) is 4. The number of anilines is 1. The Morgan fingerprint density at radius 3 is 2.79 bits per heavy atom. The van der Waals surface area contributed by atoms with Gasteiger partial charge in [-0.25, -0.2) is 0 Å². The van der Waals surface area contributed by atoms with Crippen molar-refractivity contribution in [2.24, 2.45) is 0 Å². The highest BCUT2D eigenvalue weighted by Gasteiger charge is 2.21. The summed E-state index contributed by atoms with van der Waals surface area (Å²) in [4.78, 5) is 5.75. The summed E-state index contributed by atoms with van der Waals surface area (Å²) in [6, 6.07) is 8.43. The number of aromatic nitrogens is 3. The fraction of sp³-hybridized carbons (Fsp3) is 0.250. The summed E-state index contributed by atoms with van der Waals surface area (Å²) in [7, 11) is 0. The van der Waals surface area contributed by atoms with Crippen LogP contribution in [-0.4, -0.2) is 33.2 Å². The summed E-state index contributed by atoms with van der Waals surface area (Å²) in [5.74, 6) is 0. The highest BCUT2D eigenvalue weighted by molar-refractivity contribution is 5.88. The minimum Gasteiger partial charge on any atom is -0.363 e. The predicted molar refractivity (Wildman–Crippen MR) is 126 cm³/mol. The SMILES string of the molecule is Cc1[nH]nc2ccc(NC3=CN(C4=CCNCC4)Cc4[nH]ccc43)cc12.Cl.Cl.Cl. The fourth-order valence-corrected chi connectivity index (χ4v) is 3.76. The van der Waals surface area contributed by atoms with E-state index >= 15 is 0 Å². The summed E-state index contributed by atoms with van der Waals surface area (Å²) in [6.07, 6.45) is 7.59. The third kappa shape index (κ3) is 4.41. The molecule has 0 spiro atoms. The minimum absolute atomic E-state index is 0. The zero-order chi connectivity index (χ0) is 17.5. The summed E-state index contributed by atoms with van der Waals surface area (Å²) in [5, 5.41) is 15.5. The lowest BCUT2D eigenvalue weighted by molar-refractivity contribution is 0.415. The second-order valence-electron chi connectivity index (χ2n) is 6.90. The first kappa shape index (κ1) is 23.2. The summed E-state index contributed by atoms with van der Waals surface area (Å²) in [5.41, 5.74) is 8.13. The highest BCUT2D eigenvalue weighted by Crippen LogP contribution is 2.31. The molecular formula is C20H25Cl3N6. The van der Waals surface area contributed by atoms with Gasteiger partial charge >= 0.3 is 0 Å². The van der Waals surface area contributed by atoms with Crippen molar-refractivity contribution in [1.29, 1.82) is 0 Å². The molecule has 4 heterocycles. The average molecular weight is 456 g/mol. The molecule has 0 amide bonds. The molecule has 156 valence electrons. The van der Waals surface area contributed by atoms with E-state index in [1.165, 1.54) is 17.0 Å². The van der Waals surface area contributed by atoms with E-state index in [0.717, 1.165) is 54.0 Å². The predicted octanol–water partition coefficient (Wildman–Crippen LogP) is 4.57. The third-order valence-corrected chi connectivity index (χ3v) is 5.17. The first-order valence-electron chi connectivity index (χ1n) is 9.04. The van der Waals surface area contributed by atoms with Gasteiger partial charge in [0.25, 0.3) is 0 Å². The number of rotatable bonds is 3. The fourth-order valence-electron chi connectivity index (χ4n) is 3.76. The Morgan fingerprint density at radius 2 is 2.00 bits per heavy atom. The minimum atomic E-state index is 0. The number of halogens is 3. The molecule has 1 aromatic carbocycles. The number of fused-ring (bicyclic) bond motifs is 2. The van der Waals surface area contributed by atoms with Crippen LogP contribution in [0, 0.1) is 6.92 Å². The molecule has 0 aliphatic carbocycles. The van der Waals surface area contributed by atoms with E-state index in [4.69, 9.17) is 0 Å². The Labute approximate surface area is 188 Å². The van der Waals surface area contributed by atoms with Gasteiger partial charge in [-0.15, -0.1) is 37.2 Å². The lowest BCUT2D eigenvalue weighted by Gasteiger charge is -2.31. The van der Waals surface area contributed by atoms with Gasteiger partial charge in [-0.1, -0.05) is 6.08 Å². The first-order chi connectivity index (χ1) is 12.8. The lowest BCUT2D eigenvalue weighted by atomic mass is 10.1. The maximum Gasteiger partial charge on any atom is 0.0925 e. The van der Waals surface area contributed by atoms with E-state index in [9.17, 15) is 0 Å². The van der Waals surface area contributed by atoms with Gasteiger partial charge in [-0.2, -0.15) is 5.10 Å². The van der Waals surface area contributed by atoms with Crippen molar-refractivity contribution in [2.75, 3.05) is 18.4 Å². The van der Waals surface area contributed by atoms with Crippen LogP contribution in [0.25, 0.3) is 16.6 Å². The Balaban J connectivity index is 0.000001000. The summed E-state index contributed by atoms with van der Waals surface area (Å²) < 4.78 is 0. The molecule has 0 atom stereocenters. The second kappa shape index (κ2) is 9.59. The molecular weight excluding hydrogens is 431 g/mol. The van der Waals surface area contributed by atoms with Crippen molar-refractivity contribution in [3.63, 3.8) is 0 Å². The molecule has 2 aromatic heterocycles. The molecule has 2 aliphatic heterocycles. The molecule has 0 bridgehead atoms. The van der Waals surface area contributed by atoms with E-state index in [-0.39, 0.29) is 37.2 Å². The van der Waals surface area contributed by atoms with Crippen molar-refractivity contribution in [1.82, 2.24) is 25.4 Å². The van der Waals surface area contributed by atoms with Crippen LogP contribution in [0.2, 0.25) is 0 Å². The van der Waals surface area contributed by atoms with Gasteiger partial charge in [0, 0.05) is 59.2 Å². The highest BCUT2D eigenvalue weighted by atomic mass is 35.5. The largest absolute Gasteiger partial charge is 0.363 e. The molecule has 6 nitrogen and oxygen atoms in total. The first-order valence-corrected chi connectivity index (χ1v) is 9.04. The maximum atomic E-state index is 4.31. The second-order valence-corrected chi connectivity index (χ2v) is 6.90. The molecule has 3 aromatic rings. The maximum absolute atomic E-state index is 4.31. The van der Waals surface area contributed by atoms with E-state index < -0.39 is 0 Å². The van der Waals surface area contributed by atoms with Crippen LogP contribution in [-0.2, 0) is 6.54 Å². The molecule has 0 radical (unpaired) electrons. The van der Waals surface area contributed by atoms with E-state index in [2.05, 4.69) is 74.2 Å². The number of benzene rings is 1. The number of hydrogen-bond acceptors (Lipinski definition) is 4. The molecule has 0 saturated heterocycles. The van der Waals surface area contributed by atoms with Crippen molar-refractivity contribution < 1.29 is 0 Å². The van der Waals surface area contributed by atoms with Crippen molar-refractivity contribution in [3.8, 4) is 0 Å². The van der Waals surface area contributed by atoms with Gasteiger partial charge in [-0.05, 0) is 37.6 Å². The zero-order valence-electron chi connectivity index (χ0n) is 16.0. The monoisotopic (exact) mass is 454 g/mol. The zero-order valence-corrected chi connectivity index (χ0v) is 18.4. The van der Waals surface area contributed by atoms with Gasteiger partial charge in [0.15, 0.2) is 0 Å². The number of nitrogens with zero attached hydrogens (tertiary/aromatic N) is 2. The van der Waals surface area contributed by atoms with Crippen LogP contribution in [0.4, 0.5) is 5.69 Å². The van der Waals surface area contributed by atoms with Gasteiger partial charge in [0.1, 0.15) is 0 Å². The summed E-state index contributed by atoms with van der Waals surface area (Å²) >= 11 is 0. The molecule has 0 saturated carbocycles. The number of H-pyrrole nitrogens is 2. The smallest absolute Gasteiger partial charge is 0.0925 e. The quantitative estimate of drug-likeness (QED) is 0.467. The molecule has 0 fully saturated rings. The Hall–Kier alpha value is -2.12. The van der Waals surface area contributed by atoms with Crippen LogP contribution >= 0.6 is 37.2 Å². The normalized spacial score (nSPS) is 15.3. The Bertz CT molecular complexity index is 1040. The molecule has 4 N–H and O–H groups in total. The number of aryl methyl sites for hydroxylation is 1. The van der Waals surface area contributed by atoms with Crippen LogP contribution in [0.15, 0.2) is 48.4 Å². The van der Waals surface area contributed by atoms with E-state index in [0.29, 0.717) is 0 Å². The van der Waals surface area contributed by atoms with Crippen molar-refractivity contribution in [3.05, 3.63) is 65.4 Å². The standard InChI is InChI=1S/C20H22N6.3ClH/c1-13-17-10-14(2-3-18(17)25-24-13)23-20-12-26(15-4-7-21-8-5-15)11-19-16(20)6-9-22-19;;;/h2-4,6,9-10,12,21-23H,5,7-8,11H2,1H3,(H,24,25);3*1H. The topological polar surface area (TPSA) is 71.8 Å². The molecule has 0 unspecified atom stereocenters. The van der Waals surface area contributed by atoms with E-state index in [1.807, 2.05) is 6.20 Å². The van der Waals surface area contributed by atoms with Gasteiger partial charge < -0.3 is 20.5 Å². The van der Waals surface area contributed by atoms with Crippen LogP contribution < -0.4 is 10.6 Å². The average Bonchev–Trinajstić information content (AvgIpc) is 3.30. The molecule has 29 heavy (non-hydrogen) atoms. The Kier molecular flexibility index (Phi) is 7.66. The Morgan fingerprint density at radius 1 is 1.14 bits per heavy atom. The summed E-state index contributed by atoms with van der Waals surface area (Å²) in [6.45, 7) is 4.91. The number of nitrogens with one attached hydrogen (secondary N) is 4. The molecule has 9 heteroatoms. The van der Waals surface area contributed by atoms with E-state index in [1.54, 1.807) is 0 Å². The lowest BCUT2D eigenvalue weighted by Crippen LogP contribution is -2.29. The van der Waals surface area contributed by atoms with Crippen LogP contribution in [0.3, 0.4) is 0 Å². The molecule has 5 rings (SSSR count). The van der Waals surface area contributed by atoms with Crippen molar-refractivity contribution >= 4 is 59.5 Å².